The van der Waals surface area contributed by atoms with Gasteiger partial charge >= 0.3 is 12.1 Å². The molecule has 3 rings (SSSR count). The highest BCUT2D eigenvalue weighted by atomic mass is 19.4. The Balaban J connectivity index is 1.83. The minimum absolute atomic E-state index is 0.0235. The molecule has 2 aromatic rings. The number of hydrogen-bond acceptors (Lipinski definition) is 4. The lowest BCUT2D eigenvalue weighted by atomic mass is 9.73. The van der Waals surface area contributed by atoms with Gasteiger partial charge < -0.3 is 10.0 Å². The zero-order valence-electron chi connectivity index (χ0n) is 13.9. The quantitative estimate of drug-likeness (QED) is 0.899. The van der Waals surface area contributed by atoms with Gasteiger partial charge in [0.05, 0.1) is 17.2 Å². The van der Waals surface area contributed by atoms with Crippen molar-refractivity contribution in [3.63, 3.8) is 0 Å². The van der Waals surface area contributed by atoms with Crippen molar-refractivity contribution in [2.45, 2.75) is 25.4 Å². The summed E-state index contributed by atoms with van der Waals surface area (Å²) in [5, 5.41) is 9.77. The minimum atomic E-state index is -4.50. The smallest absolute Gasteiger partial charge is 0.416 e. The summed E-state index contributed by atoms with van der Waals surface area (Å²) in [6.07, 6.45) is 0.517. The lowest BCUT2D eigenvalue weighted by molar-refractivity contribution is -0.151. The van der Waals surface area contributed by atoms with Crippen molar-refractivity contribution < 1.29 is 23.1 Å². The summed E-state index contributed by atoms with van der Waals surface area (Å²) in [6, 6.07) is 5.19. The van der Waals surface area contributed by atoms with Gasteiger partial charge in [-0.1, -0.05) is 18.2 Å². The number of nitrogens with zero attached hydrogens (tertiary/aromatic N) is 3. The fourth-order valence-corrected chi connectivity index (χ4v) is 3.40. The first kappa shape index (κ1) is 18.2. The van der Waals surface area contributed by atoms with E-state index in [2.05, 4.69) is 9.97 Å². The molecule has 138 valence electrons. The van der Waals surface area contributed by atoms with Crippen molar-refractivity contribution in [1.82, 2.24) is 9.97 Å². The zero-order chi connectivity index (χ0) is 18.8. The first-order valence-corrected chi connectivity index (χ1v) is 8.21. The van der Waals surface area contributed by atoms with Crippen LogP contribution in [-0.2, 0) is 17.4 Å². The molecule has 1 aromatic heterocycles. The molecule has 5 nitrogen and oxygen atoms in total. The molecule has 0 spiro atoms. The molecule has 0 atom stereocenters. The van der Waals surface area contributed by atoms with E-state index in [1.165, 1.54) is 18.2 Å². The van der Waals surface area contributed by atoms with Gasteiger partial charge in [0.1, 0.15) is 5.82 Å². The Kier molecular flexibility index (Phi) is 4.84. The number of piperidine rings is 1. The predicted molar refractivity (Wildman–Crippen MR) is 88.7 cm³/mol. The second-order valence-electron chi connectivity index (χ2n) is 6.47. The van der Waals surface area contributed by atoms with Crippen LogP contribution in [0.25, 0.3) is 0 Å². The lowest BCUT2D eigenvalue weighted by Crippen LogP contribution is -2.46. The Hall–Kier alpha value is -2.64. The summed E-state index contributed by atoms with van der Waals surface area (Å²) in [7, 11) is 0. The molecule has 0 saturated carbocycles. The van der Waals surface area contributed by atoms with E-state index in [0.717, 1.165) is 6.07 Å². The number of benzene rings is 1. The normalized spacial score (nSPS) is 17.1. The van der Waals surface area contributed by atoms with Gasteiger partial charge in [-0.05, 0) is 30.9 Å². The number of anilines is 1. The molecule has 1 aromatic carbocycles. The average Bonchev–Trinajstić information content (AvgIpc) is 2.62. The maximum atomic E-state index is 13.2. The number of aromatic nitrogens is 2. The lowest BCUT2D eigenvalue weighted by Gasteiger charge is -2.39. The van der Waals surface area contributed by atoms with E-state index in [9.17, 15) is 23.1 Å². The van der Waals surface area contributed by atoms with Gasteiger partial charge in [0, 0.05) is 25.5 Å². The van der Waals surface area contributed by atoms with E-state index >= 15 is 0 Å². The number of hydrogen-bond donors (Lipinski definition) is 1. The molecule has 2 heterocycles. The van der Waals surface area contributed by atoms with Crippen LogP contribution in [0.5, 0.6) is 0 Å². The largest absolute Gasteiger partial charge is 0.481 e. The zero-order valence-corrected chi connectivity index (χ0v) is 13.9. The fraction of sp³-hybridized carbons (Fsp3) is 0.389. The number of aliphatic carboxylic acids is 1. The van der Waals surface area contributed by atoms with E-state index in [-0.39, 0.29) is 24.8 Å². The molecule has 1 aliphatic heterocycles. The van der Waals surface area contributed by atoms with Crippen LogP contribution in [0, 0.1) is 5.41 Å². The first-order valence-electron chi connectivity index (χ1n) is 8.21. The molecule has 0 unspecified atom stereocenters. The van der Waals surface area contributed by atoms with E-state index in [1.807, 2.05) is 4.90 Å². The molecule has 26 heavy (non-hydrogen) atoms. The number of carboxylic acids is 1. The standard InChI is InChI=1S/C18H18F3N3O2/c19-18(20,21)14-4-2-1-3-13(14)11-17(16(25)26)5-9-24(10-6-17)15-12-22-7-8-23-15/h1-4,7-8,12H,5-6,9-11H2,(H,25,26). The molecule has 1 saturated heterocycles. The highest BCUT2D eigenvalue weighted by Crippen LogP contribution is 2.40. The Morgan fingerprint density at radius 1 is 1.19 bits per heavy atom. The van der Waals surface area contributed by atoms with Crippen LogP contribution in [0.1, 0.15) is 24.0 Å². The predicted octanol–water partition coefficient (Wildman–Crippen LogP) is 3.41. The van der Waals surface area contributed by atoms with Gasteiger partial charge in [0.2, 0.25) is 0 Å². The second-order valence-corrected chi connectivity index (χ2v) is 6.47. The monoisotopic (exact) mass is 365 g/mol. The van der Waals surface area contributed by atoms with E-state index < -0.39 is 23.1 Å². The maximum absolute atomic E-state index is 13.2. The molecular weight excluding hydrogens is 347 g/mol. The van der Waals surface area contributed by atoms with Crippen molar-refractivity contribution in [2.75, 3.05) is 18.0 Å². The molecular formula is C18H18F3N3O2. The Morgan fingerprint density at radius 2 is 1.88 bits per heavy atom. The molecule has 0 aliphatic carbocycles. The van der Waals surface area contributed by atoms with Crippen LogP contribution in [0.4, 0.5) is 19.0 Å². The van der Waals surface area contributed by atoms with E-state index in [4.69, 9.17) is 0 Å². The summed E-state index contributed by atoms with van der Waals surface area (Å²) in [6.45, 7) is 0.804. The molecule has 1 fully saturated rings. The highest BCUT2D eigenvalue weighted by Gasteiger charge is 2.44. The summed E-state index contributed by atoms with van der Waals surface area (Å²) in [5.41, 5.74) is -1.97. The fourth-order valence-electron chi connectivity index (χ4n) is 3.40. The average molecular weight is 365 g/mol. The van der Waals surface area contributed by atoms with Crippen LogP contribution in [0.2, 0.25) is 0 Å². The third-order valence-electron chi connectivity index (χ3n) is 4.90. The first-order chi connectivity index (χ1) is 12.3. The van der Waals surface area contributed by atoms with Crippen LogP contribution in [0.15, 0.2) is 42.9 Å². The Morgan fingerprint density at radius 3 is 2.46 bits per heavy atom. The molecule has 1 aliphatic rings. The van der Waals surface area contributed by atoms with Crippen molar-refractivity contribution in [3.8, 4) is 0 Å². The Labute approximate surface area is 148 Å². The van der Waals surface area contributed by atoms with E-state index in [0.29, 0.717) is 18.9 Å². The van der Waals surface area contributed by atoms with Gasteiger partial charge in [-0.25, -0.2) is 4.98 Å². The van der Waals surface area contributed by atoms with Gasteiger partial charge in [-0.3, -0.25) is 9.78 Å². The van der Waals surface area contributed by atoms with Crippen LogP contribution in [-0.4, -0.2) is 34.1 Å². The van der Waals surface area contributed by atoms with Crippen LogP contribution in [0.3, 0.4) is 0 Å². The highest BCUT2D eigenvalue weighted by molar-refractivity contribution is 5.75. The third kappa shape index (κ3) is 3.63. The molecule has 0 bridgehead atoms. The molecule has 1 N–H and O–H groups in total. The Bertz CT molecular complexity index is 773. The number of carboxylic acid groups (broad SMARTS) is 1. The third-order valence-corrected chi connectivity index (χ3v) is 4.90. The summed E-state index contributed by atoms with van der Waals surface area (Å²) >= 11 is 0. The van der Waals surface area contributed by atoms with Gasteiger partial charge in [0.15, 0.2) is 0 Å². The number of alkyl halides is 3. The van der Waals surface area contributed by atoms with Crippen molar-refractivity contribution in [3.05, 3.63) is 54.0 Å². The van der Waals surface area contributed by atoms with Crippen molar-refractivity contribution in [1.29, 1.82) is 0 Å². The van der Waals surface area contributed by atoms with Crippen molar-refractivity contribution >= 4 is 11.8 Å². The summed E-state index contributed by atoms with van der Waals surface area (Å²) in [5.74, 6) is -0.421. The van der Waals surface area contributed by atoms with Crippen LogP contribution >= 0.6 is 0 Å². The topological polar surface area (TPSA) is 66.3 Å². The van der Waals surface area contributed by atoms with Gasteiger partial charge in [0.25, 0.3) is 0 Å². The number of halogens is 3. The van der Waals surface area contributed by atoms with Crippen LogP contribution < -0.4 is 4.90 Å². The maximum Gasteiger partial charge on any atom is 0.416 e. The van der Waals surface area contributed by atoms with Gasteiger partial charge in [-0.2, -0.15) is 13.2 Å². The second kappa shape index (κ2) is 6.93. The molecule has 8 heteroatoms. The van der Waals surface area contributed by atoms with E-state index in [1.54, 1.807) is 18.6 Å². The number of carbonyl (C=O) groups is 1. The minimum Gasteiger partial charge on any atom is -0.481 e. The summed E-state index contributed by atoms with van der Waals surface area (Å²) in [4.78, 5) is 22.0. The SMILES string of the molecule is O=C(O)C1(Cc2ccccc2C(F)(F)F)CCN(c2cnccn2)CC1. The molecule has 0 radical (unpaired) electrons. The number of rotatable bonds is 4. The van der Waals surface area contributed by atoms with Crippen molar-refractivity contribution in [2.24, 2.45) is 5.41 Å². The van der Waals surface area contributed by atoms with Gasteiger partial charge in [-0.15, -0.1) is 0 Å². The molecule has 0 amide bonds. The summed E-state index contributed by atoms with van der Waals surface area (Å²) < 4.78 is 39.7.